The zero-order valence-electron chi connectivity index (χ0n) is 14.2. The van der Waals surface area contributed by atoms with E-state index in [0.29, 0.717) is 18.7 Å². The lowest BCUT2D eigenvalue weighted by atomic mass is 10.2. The third kappa shape index (κ3) is 4.64. The monoisotopic (exact) mass is 364 g/mol. The van der Waals surface area contributed by atoms with Crippen LogP contribution in [-0.2, 0) is 16.6 Å². The number of benzene rings is 2. The molecule has 0 aliphatic rings. The number of carbonyl (C=O) groups excluding carboxylic acids is 1. The van der Waals surface area contributed by atoms with Crippen molar-refractivity contribution in [1.82, 2.24) is 9.62 Å². The summed E-state index contributed by atoms with van der Waals surface area (Å²) in [5.41, 5.74) is 0.691. The first-order chi connectivity index (χ1) is 11.9. The number of hydrogen-bond donors (Lipinski definition) is 1. The minimum atomic E-state index is -3.79. The molecule has 2 aromatic rings. The fourth-order valence-electron chi connectivity index (χ4n) is 2.37. The van der Waals surface area contributed by atoms with Crippen molar-refractivity contribution >= 4 is 15.9 Å². The number of halogens is 1. The maximum absolute atomic E-state index is 13.6. The quantitative estimate of drug-likeness (QED) is 0.821. The number of nitrogens with zero attached hydrogens (tertiary/aromatic N) is 1. The van der Waals surface area contributed by atoms with Gasteiger partial charge in [-0.2, -0.15) is 0 Å². The van der Waals surface area contributed by atoms with Crippen molar-refractivity contribution < 1.29 is 17.6 Å². The van der Waals surface area contributed by atoms with E-state index in [1.807, 2.05) is 13.8 Å². The fourth-order valence-corrected chi connectivity index (χ4v) is 3.37. The Morgan fingerprint density at radius 3 is 2.20 bits per heavy atom. The van der Waals surface area contributed by atoms with Gasteiger partial charge >= 0.3 is 0 Å². The predicted octanol–water partition coefficient (Wildman–Crippen LogP) is 2.79. The molecule has 0 aromatic heterocycles. The third-order valence-corrected chi connectivity index (χ3v) is 5.29. The van der Waals surface area contributed by atoms with Gasteiger partial charge in [-0.3, -0.25) is 4.79 Å². The van der Waals surface area contributed by atoms with Crippen LogP contribution in [0.1, 0.15) is 29.8 Å². The van der Waals surface area contributed by atoms with Gasteiger partial charge in [0.1, 0.15) is 5.82 Å². The first kappa shape index (κ1) is 19.1. The summed E-state index contributed by atoms with van der Waals surface area (Å²) in [6.45, 7) is 4.79. The van der Waals surface area contributed by atoms with Crippen molar-refractivity contribution in [2.24, 2.45) is 0 Å². The van der Waals surface area contributed by atoms with Crippen molar-refractivity contribution in [2.45, 2.75) is 25.3 Å². The van der Waals surface area contributed by atoms with Crippen LogP contribution >= 0.6 is 0 Å². The molecule has 134 valence electrons. The van der Waals surface area contributed by atoms with Gasteiger partial charge in [0.05, 0.1) is 4.90 Å². The molecular formula is C18H21FN2O3S. The Bertz CT molecular complexity index is 832. The van der Waals surface area contributed by atoms with Crippen molar-refractivity contribution in [3.8, 4) is 0 Å². The Balaban J connectivity index is 2.12. The van der Waals surface area contributed by atoms with Crippen LogP contribution in [0.2, 0.25) is 0 Å². The predicted molar refractivity (Wildman–Crippen MR) is 94.1 cm³/mol. The molecule has 5 nitrogen and oxygen atoms in total. The minimum Gasteiger partial charge on any atom is -0.339 e. The summed E-state index contributed by atoms with van der Waals surface area (Å²) in [5.74, 6) is -0.612. The summed E-state index contributed by atoms with van der Waals surface area (Å²) in [5, 5.41) is 0. The smallest absolute Gasteiger partial charge is 0.253 e. The first-order valence-corrected chi connectivity index (χ1v) is 9.49. The fraction of sp³-hybridized carbons (Fsp3) is 0.278. The van der Waals surface area contributed by atoms with Crippen LogP contribution in [0.4, 0.5) is 4.39 Å². The molecule has 0 bridgehead atoms. The lowest BCUT2D eigenvalue weighted by Crippen LogP contribution is -2.30. The molecule has 1 amide bonds. The van der Waals surface area contributed by atoms with Gasteiger partial charge in [-0.05, 0) is 44.2 Å². The van der Waals surface area contributed by atoms with Crippen LogP contribution in [0.15, 0.2) is 53.4 Å². The SMILES string of the molecule is CCN(CC)C(=O)c1ccc(S(=O)(=O)NCc2ccccc2F)cc1. The van der Waals surface area contributed by atoms with Gasteiger partial charge < -0.3 is 4.90 Å². The van der Waals surface area contributed by atoms with Crippen molar-refractivity contribution in [3.05, 3.63) is 65.5 Å². The number of rotatable bonds is 7. The lowest BCUT2D eigenvalue weighted by molar-refractivity contribution is 0.0773. The maximum atomic E-state index is 13.6. The van der Waals surface area contributed by atoms with E-state index in [1.165, 1.54) is 36.4 Å². The zero-order valence-corrected chi connectivity index (χ0v) is 15.0. The van der Waals surface area contributed by atoms with E-state index in [9.17, 15) is 17.6 Å². The highest BCUT2D eigenvalue weighted by Crippen LogP contribution is 2.14. The van der Waals surface area contributed by atoms with Crippen molar-refractivity contribution in [3.63, 3.8) is 0 Å². The van der Waals surface area contributed by atoms with Crippen LogP contribution in [0.25, 0.3) is 0 Å². The molecule has 2 aromatic carbocycles. The number of sulfonamides is 1. The molecule has 0 aliphatic heterocycles. The lowest BCUT2D eigenvalue weighted by Gasteiger charge is -2.18. The molecule has 7 heteroatoms. The Hall–Kier alpha value is -2.25. The largest absolute Gasteiger partial charge is 0.339 e. The van der Waals surface area contributed by atoms with Crippen LogP contribution in [0.3, 0.4) is 0 Å². The van der Waals surface area contributed by atoms with Gasteiger partial charge in [-0.1, -0.05) is 18.2 Å². The van der Waals surface area contributed by atoms with Crippen molar-refractivity contribution in [1.29, 1.82) is 0 Å². The molecule has 0 radical (unpaired) electrons. The number of amides is 1. The summed E-state index contributed by atoms with van der Waals surface area (Å²) in [6.07, 6.45) is 0. The summed E-state index contributed by atoms with van der Waals surface area (Å²) in [4.78, 5) is 13.9. The molecule has 0 aliphatic carbocycles. The molecule has 0 spiro atoms. The van der Waals surface area contributed by atoms with E-state index in [1.54, 1.807) is 17.0 Å². The highest BCUT2D eigenvalue weighted by molar-refractivity contribution is 7.89. The third-order valence-electron chi connectivity index (χ3n) is 3.87. The number of nitrogens with one attached hydrogen (secondary N) is 1. The van der Waals surface area contributed by atoms with Crippen LogP contribution in [0.5, 0.6) is 0 Å². The van der Waals surface area contributed by atoms with Gasteiger partial charge in [0.2, 0.25) is 10.0 Å². The summed E-state index contributed by atoms with van der Waals surface area (Å²) < 4.78 is 40.6. The molecule has 0 saturated heterocycles. The Labute approximate surface area is 147 Å². The van der Waals surface area contributed by atoms with Gasteiger partial charge in [-0.15, -0.1) is 0 Å². The van der Waals surface area contributed by atoms with Gasteiger partial charge in [0, 0.05) is 30.8 Å². The van der Waals surface area contributed by atoms with E-state index in [2.05, 4.69) is 4.72 Å². The molecule has 0 heterocycles. The Morgan fingerprint density at radius 2 is 1.64 bits per heavy atom. The second-order valence-electron chi connectivity index (χ2n) is 5.42. The van der Waals surface area contributed by atoms with Crippen molar-refractivity contribution in [2.75, 3.05) is 13.1 Å². The van der Waals surface area contributed by atoms with Crippen LogP contribution in [-0.4, -0.2) is 32.3 Å². The minimum absolute atomic E-state index is 0.0277. The Kier molecular flexibility index (Phi) is 6.27. The van der Waals surface area contributed by atoms with E-state index in [0.717, 1.165) is 0 Å². The number of carbonyl (C=O) groups is 1. The van der Waals surface area contributed by atoms with E-state index in [-0.39, 0.29) is 22.9 Å². The highest BCUT2D eigenvalue weighted by Gasteiger charge is 2.17. The van der Waals surface area contributed by atoms with E-state index < -0.39 is 15.8 Å². The molecule has 0 fully saturated rings. The molecule has 0 atom stereocenters. The number of hydrogen-bond acceptors (Lipinski definition) is 3. The van der Waals surface area contributed by atoms with Gasteiger partial charge in [-0.25, -0.2) is 17.5 Å². The average molecular weight is 364 g/mol. The van der Waals surface area contributed by atoms with Crippen LogP contribution in [0, 0.1) is 5.82 Å². The molecule has 0 unspecified atom stereocenters. The van der Waals surface area contributed by atoms with E-state index >= 15 is 0 Å². The summed E-state index contributed by atoms with van der Waals surface area (Å²) in [6, 6.07) is 11.7. The molecule has 0 saturated carbocycles. The topological polar surface area (TPSA) is 66.5 Å². The second-order valence-corrected chi connectivity index (χ2v) is 7.18. The van der Waals surface area contributed by atoms with Gasteiger partial charge in [0.15, 0.2) is 0 Å². The first-order valence-electron chi connectivity index (χ1n) is 8.01. The molecule has 25 heavy (non-hydrogen) atoms. The summed E-state index contributed by atoms with van der Waals surface area (Å²) in [7, 11) is -3.79. The second kappa shape index (κ2) is 8.22. The zero-order chi connectivity index (χ0) is 18.4. The average Bonchev–Trinajstić information content (AvgIpc) is 2.62. The molecule has 1 N–H and O–H groups in total. The van der Waals surface area contributed by atoms with E-state index in [4.69, 9.17) is 0 Å². The Morgan fingerprint density at radius 1 is 1.04 bits per heavy atom. The maximum Gasteiger partial charge on any atom is 0.253 e. The molecule has 2 rings (SSSR count). The van der Waals surface area contributed by atoms with Gasteiger partial charge in [0.25, 0.3) is 5.91 Å². The standard InChI is InChI=1S/C18H21FN2O3S/c1-3-21(4-2)18(22)14-9-11-16(12-10-14)25(23,24)20-13-15-7-5-6-8-17(15)19/h5-12,20H,3-4,13H2,1-2H3. The summed E-state index contributed by atoms with van der Waals surface area (Å²) >= 11 is 0. The van der Waals surface area contributed by atoms with Crippen LogP contribution < -0.4 is 4.72 Å². The normalized spacial score (nSPS) is 11.3. The molecular weight excluding hydrogens is 343 g/mol. The highest BCUT2D eigenvalue weighted by atomic mass is 32.2.